The first-order valence-electron chi connectivity index (χ1n) is 7.05. The Labute approximate surface area is 123 Å². The number of carbonyl (C=O) groups excluding carboxylic acids is 2. The SMILES string of the molecule is CN(CCCCCO)C(=O)c1ccc2c(c1)OCC(=O)N2. The quantitative estimate of drug-likeness (QED) is 0.774. The maximum atomic E-state index is 12.3. The van der Waals surface area contributed by atoms with Gasteiger partial charge in [0.15, 0.2) is 6.61 Å². The molecule has 1 aliphatic rings. The van der Waals surface area contributed by atoms with Gasteiger partial charge < -0.3 is 20.1 Å². The highest BCUT2D eigenvalue weighted by Gasteiger charge is 2.19. The molecule has 6 nitrogen and oxygen atoms in total. The van der Waals surface area contributed by atoms with E-state index in [4.69, 9.17) is 9.84 Å². The van der Waals surface area contributed by atoms with Crippen molar-refractivity contribution in [1.29, 1.82) is 0 Å². The lowest BCUT2D eigenvalue weighted by atomic mass is 10.1. The lowest BCUT2D eigenvalue weighted by molar-refractivity contribution is -0.118. The molecule has 0 aliphatic carbocycles. The van der Waals surface area contributed by atoms with Crippen LogP contribution in [-0.4, -0.2) is 48.6 Å². The monoisotopic (exact) mass is 292 g/mol. The molecule has 114 valence electrons. The van der Waals surface area contributed by atoms with Crippen molar-refractivity contribution in [3.8, 4) is 5.75 Å². The summed E-state index contributed by atoms with van der Waals surface area (Å²) in [6.07, 6.45) is 2.52. The van der Waals surface area contributed by atoms with Gasteiger partial charge in [0.05, 0.1) is 5.69 Å². The molecule has 21 heavy (non-hydrogen) atoms. The first-order valence-corrected chi connectivity index (χ1v) is 7.05. The second kappa shape index (κ2) is 7.08. The van der Waals surface area contributed by atoms with Gasteiger partial charge in [-0.25, -0.2) is 0 Å². The second-order valence-corrected chi connectivity index (χ2v) is 5.06. The Hall–Kier alpha value is -2.08. The molecule has 0 bridgehead atoms. The predicted molar refractivity (Wildman–Crippen MR) is 78.5 cm³/mol. The van der Waals surface area contributed by atoms with E-state index in [1.807, 2.05) is 0 Å². The van der Waals surface area contributed by atoms with Gasteiger partial charge in [0.1, 0.15) is 5.75 Å². The third-order valence-electron chi connectivity index (χ3n) is 3.36. The molecule has 1 aliphatic heterocycles. The highest BCUT2D eigenvalue weighted by molar-refractivity contribution is 5.98. The molecule has 2 N–H and O–H groups in total. The van der Waals surface area contributed by atoms with Gasteiger partial charge in [-0.1, -0.05) is 0 Å². The van der Waals surface area contributed by atoms with E-state index in [1.165, 1.54) is 0 Å². The highest BCUT2D eigenvalue weighted by atomic mass is 16.5. The number of fused-ring (bicyclic) bond motifs is 1. The average Bonchev–Trinajstić information content (AvgIpc) is 2.50. The first kappa shape index (κ1) is 15.3. The summed E-state index contributed by atoms with van der Waals surface area (Å²) in [4.78, 5) is 25.1. The van der Waals surface area contributed by atoms with Gasteiger partial charge in [-0.15, -0.1) is 0 Å². The number of hydrogen-bond acceptors (Lipinski definition) is 4. The van der Waals surface area contributed by atoms with Crippen LogP contribution in [0.3, 0.4) is 0 Å². The lowest BCUT2D eigenvalue weighted by Crippen LogP contribution is -2.29. The minimum atomic E-state index is -0.192. The Morgan fingerprint density at radius 3 is 2.95 bits per heavy atom. The minimum Gasteiger partial charge on any atom is -0.482 e. The van der Waals surface area contributed by atoms with Gasteiger partial charge in [-0.3, -0.25) is 9.59 Å². The number of aliphatic hydroxyl groups is 1. The van der Waals surface area contributed by atoms with E-state index in [1.54, 1.807) is 30.1 Å². The van der Waals surface area contributed by atoms with Crippen molar-refractivity contribution in [1.82, 2.24) is 4.90 Å². The zero-order valence-electron chi connectivity index (χ0n) is 12.1. The molecule has 1 aromatic rings. The standard InChI is InChI=1S/C15H20N2O4/c1-17(7-3-2-4-8-18)15(20)11-5-6-12-13(9-11)21-10-14(19)16-12/h5-6,9,18H,2-4,7-8,10H2,1H3,(H,16,19). The molecule has 0 unspecified atom stereocenters. The summed E-state index contributed by atoms with van der Waals surface area (Å²) in [6.45, 7) is 0.806. The topological polar surface area (TPSA) is 78.9 Å². The summed E-state index contributed by atoms with van der Waals surface area (Å²) in [6, 6.07) is 5.01. The van der Waals surface area contributed by atoms with Gasteiger partial charge in [-0.05, 0) is 37.5 Å². The lowest BCUT2D eigenvalue weighted by Gasteiger charge is -2.20. The number of unbranched alkanes of at least 4 members (excludes halogenated alkanes) is 2. The van der Waals surface area contributed by atoms with Crippen LogP contribution < -0.4 is 10.1 Å². The van der Waals surface area contributed by atoms with E-state index >= 15 is 0 Å². The molecule has 0 spiro atoms. The highest BCUT2D eigenvalue weighted by Crippen LogP contribution is 2.28. The van der Waals surface area contributed by atoms with Crippen LogP contribution in [0.25, 0.3) is 0 Å². The molecule has 0 atom stereocenters. The minimum absolute atomic E-state index is 0.0261. The van der Waals surface area contributed by atoms with Gasteiger partial charge in [0, 0.05) is 25.8 Å². The molecule has 0 fully saturated rings. The molecule has 0 aromatic heterocycles. The zero-order chi connectivity index (χ0) is 15.2. The second-order valence-electron chi connectivity index (χ2n) is 5.06. The van der Waals surface area contributed by atoms with Gasteiger partial charge >= 0.3 is 0 Å². The van der Waals surface area contributed by atoms with Crippen molar-refractivity contribution in [2.24, 2.45) is 0 Å². The number of amides is 2. The molecule has 0 saturated carbocycles. The average molecular weight is 292 g/mol. The summed E-state index contributed by atoms with van der Waals surface area (Å²) < 4.78 is 5.31. The van der Waals surface area contributed by atoms with E-state index in [9.17, 15) is 9.59 Å². The third kappa shape index (κ3) is 3.95. The van der Waals surface area contributed by atoms with Crippen molar-refractivity contribution < 1.29 is 19.4 Å². The third-order valence-corrected chi connectivity index (χ3v) is 3.36. The summed E-state index contributed by atoms with van der Waals surface area (Å²) in [7, 11) is 1.75. The van der Waals surface area contributed by atoms with Crippen LogP contribution in [0.15, 0.2) is 18.2 Å². The maximum Gasteiger partial charge on any atom is 0.262 e. The van der Waals surface area contributed by atoms with Crippen LogP contribution in [0.4, 0.5) is 5.69 Å². The Morgan fingerprint density at radius 2 is 2.19 bits per heavy atom. The Balaban J connectivity index is 1.97. The van der Waals surface area contributed by atoms with Crippen LogP contribution in [-0.2, 0) is 4.79 Å². The Kier molecular flexibility index (Phi) is 5.16. The normalized spacial score (nSPS) is 13.1. The zero-order valence-corrected chi connectivity index (χ0v) is 12.1. The van der Waals surface area contributed by atoms with Crippen molar-refractivity contribution in [2.45, 2.75) is 19.3 Å². The van der Waals surface area contributed by atoms with Crippen LogP contribution >= 0.6 is 0 Å². The van der Waals surface area contributed by atoms with E-state index in [0.717, 1.165) is 19.3 Å². The Morgan fingerprint density at radius 1 is 1.38 bits per heavy atom. The van der Waals surface area contributed by atoms with Crippen molar-refractivity contribution in [3.05, 3.63) is 23.8 Å². The fourth-order valence-electron chi connectivity index (χ4n) is 2.17. The predicted octanol–water partition coefficient (Wildman–Crippen LogP) is 1.25. The van der Waals surface area contributed by atoms with Gasteiger partial charge in [-0.2, -0.15) is 0 Å². The fraction of sp³-hybridized carbons (Fsp3) is 0.467. The smallest absolute Gasteiger partial charge is 0.262 e. The van der Waals surface area contributed by atoms with Gasteiger partial charge in [0.25, 0.3) is 11.8 Å². The first-order chi connectivity index (χ1) is 10.1. The molecule has 0 radical (unpaired) electrons. The number of nitrogens with zero attached hydrogens (tertiary/aromatic N) is 1. The van der Waals surface area contributed by atoms with Crippen LogP contribution in [0.2, 0.25) is 0 Å². The number of nitrogens with one attached hydrogen (secondary N) is 1. The molecular formula is C15H20N2O4. The van der Waals surface area contributed by atoms with E-state index < -0.39 is 0 Å². The van der Waals surface area contributed by atoms with Crippen LogP contribution in [0.5, 0.6) is 5.75 Å². The Bertz CT molecular complexity index is 530. The van der Waals surface area contributed by atoms with E-state index in [-0.39, 0.29) is 25.0 Å². The maximum absolute atomic E-state index is 12.3. The van der Waals surface area contributed by atoms with Crippen LogP contribution in [0, 0.1) is 0 Å². The number of ether oxygens (including phenoxy) is 1. The number of rotatable bonds is 6. The van der Waals surface area contributed by atoms with Crippen molar-refractivity contribution in [2.75, 3.05) is 32.1 Å². The summed E-state index contributed by atoms with van der Waals surface area (Å²) in [5.41, 5.74) is 1.13. The largest absolute Gasteiger partial charge is 0.482 e. The van der Waals surface area contributed by atoms with Crippen LogP contribution in [0.1, 0.15) is 29.6 Å². The summed E-state index contributed by atoms with van der Waals surface area (Å²) >= 11 is 0. The molecular weight excluding hydrogens is 272 g/mol. The number of hydrogen-bond donors (Lipinski definition) is 2. The molecule has 2 rings (SSSR count). The number of benzene rings is 1. The fourth-order valence-corrected chi connectivity index (χ4v) is 2.17. The van der Waals surface area contributed by atoms with E-state index in [2.05, 4.69) is 5.32 Å². The molecule has 6 heteroatoms. The number of aliphatic hydroxyl groups excluding tert-OH is 1. The summed E-state index contributed by atoms with van der Waals surface area (Å²) in [5.74, 6) is 0.249. The molecule has 1 aromatic carbocycles. The number of carbonyl (C=O) groups is 2. The number of anilines is 1. The van der Waals surface area contributed by atoms with Crippen molar-refractivity contribution >= 4 is 17.5 Å². The summed E-state index contributed by atoms with van der Waals surface area (Å²) in [5, 5.41) is 11.4. The van der Waals surface area contributed by atoms with Gasteiger partial charge in [0.2, 0.25) is 0 Å². The van der Waals surface area contributed by atoms with E-state index in [0.29, 0.717) is 23.5 Å². The van der Waals surface area contributed by atoms with Crippen molar-refractivity contribution in [3.63, 3.8) is 0 Å². The molecule has 2 amide bonds. The molecule has 1 heterocycles. The molecule has 0 saturated heterocycles.